The van der Waals surface area contributed by atoms with Crippen LogP contribution in [0.3, 0.4) is 0 Å². The van der Waals surface area contributed by atoms with Crippen molar-refractivity contribution in [1.29, 1.82) is 0 Å². The zero-order valence-corrected chi connectivity index (χ0v) is 5.82. The van der Waals surface area contributed by atoms with E-state index in [0.717, 1.165) is 23.0 Å². The fourth-order valence-electron chi connectivity index (χ4n) is 0.960. The van der Waals surface area contributed by atoms with Crippen molar-refractivity contribution in [3.05, 3.63) is 23.8 Å². The summed E-state index contributed by atoms with van der Waals surface area (Å²) in [5.74, 6) is 0. The molecule has 3 nitrogen and oxygen atoms in total. The number of hydrogen-bond acceptors (Lipinski definition) is 3. The maximum absolute atomic E-state index is 10.0. The molecular weight excluding hydrogens is 143 g/mol. The number of benzene rings is 1. The van der Waals surface area contributed by atoms with Gasteiger partial charge in [0.1, 0.15) is 0 Å². The molecule has 4 heteroatoms. The predicted molar refractivity (Wildman–Crippen MR) is 42.4 cm³/mol. The molecule has 0 aliphatic heterocycles. The van der Waals surface area contributed by atoms with Crippen molar-refractivity contribution >= 4 is 14.0 Å². The highest BCUT2D eigenvalue weighted by Crippen LogP contribution is 2.40. The highest BCUT2D eigenvalue weighted by atomic mass is 16.4. The summed E-state index contributed by atoms with van der Waals surface area (Å²) in [6, 6.07) is 5.87. The molecule has 56 valence electrons. The Balaban J connectivity index is 0.000000179. The number of fused-ring (bicyclic) bond motifs is 1. The molecular formula is C7H7BO3. The van der Waals surface area contributed by atoms with Crippen molar-refractivity contribution in [2.75, 3.05) is 0 Å². The van der Waals surface area contributed by atoms with Gasteiger partial charge < -0.3 is 10.0 Å². The van der Waals surface area contributed by atoms with Crippen LogP contribution < -0.4 is 0 Å². The molecule has 2 N–H and O–H groups in total. The average molecular weight is 150 g/mol. The molecule has 11 heavy (non-hydrogen) atoms. The fraction of sp³-hybridized carbons (Fsp3) is 0. The zero-order valence-electron chi connectivity index (χ0n) is 5.82. The summed E-state index contributed by atoms with van der Waals surface area (Å²) in [6.07, 6.45) is 0.907. The van der Waals surface area contributed by atoms with E-state index in [9.17, 15) is 4.79 Å². The average Bonchev–Trinajstić information content (AvgIpc) is 2.43. The minimum absolute atomic E-state index is 0.750. The summed E-state index contributed by atoms with van der Waals surface area (Å²) in [4.78, 5) is 10.0. The van der Waals surface area contributed by atoms with Gasteiger partial charge in [0.2, 0.25) is 0 Å². The van der Waals surface area contributed by atoms with Gasteiger partial charge in [0.25, 0.3) is 0 Å². The second kappa shape index (κ2) is 3.32. The van der Waals surface area contributed by atoms with E-state index in [1.807, 2.05) is 18.2 Å². The molecule has 0 aromatic carbocycles. The molecule has 2 aliphatic carbocycles. The molecule has 0 radical (unpaired) electrons. The lowest BCUT2D eigenvalue weighted by Crippen LogP contribution is -1.75. The minimum atomic E-state index is -0.750. The van der Waals surface area contributed by atoms with E-state index in [-0.39, 0.29) is 0 Å². The molecule has 0 saturated carbocycles. The second-order valence-corrected chi connectivity index (χ2v) is 2.03. The summed E-state index contributed by atoms with van der Waals surface area (Å²) in [5.41, 5.74) is 3.17. The van der Waals surface area contributed by atoms with Crippen molar-refractivity contribution in [1.82, 2.24) is 0 Å². The molecule has 0 unspecified atom stereocenters. The Morgan fingerprint density at radius 3 is 2.00 bits per heavy atom. The van der Waals surface area contributed by atoms with Gasteiger partial charge in [-0.3, -0.25) is 4.79 Å². The molecule has 0 aromatic heterocycles. The highest BCUT2D eigenvalue weighted by molar-refractivity contribution is 6.13. The lowest BCUT2D eigenvalue weighted by atomic mass is 10.5. The molecule has 0 amide bonds. The SMILES string of the molecule is O=Cc1c2cccc1-2.OBO. The largest absolute Gasteiger partial charge is 0.432 e. The van der Waals surface area contributed by atoms with E-state index in [2.05, 4.69) is 0 Å². The van der Waals surface area contributed by atoms with Gasteiger partial charge in [0, 0.05) is 5.56 Å². The Morgan fingerprint density at radius 1 is 1.27 bits per heavy atom. The van der Waals surface area contributed by atoms with Crippen molar-refractivity contribution in [3.8, 4) is 11.1 Å². The fourth-order valence-corrected chi connectivity index (χ4v) is 0.960. The Hall–Kier alpha value is -1.13. The first-order valence-corrected chi connectivity index (χ1v) is 3.15. The normalized spacial score (nSPS) is 9.27. The zero-order chi connectivity index (χ0) is 8.27. The number of carbonyl (C=O) groups is 1. The van der Waals surface area contributed by atoms with Gasteiger partial charge in [0.15, 0.2) is 6.29 Å². The van der Waals surface area contributed by atoms with Gasteiger partial charge in [0.05, 0.1) is 0 Å². The van der Waals surface area contributed by atoms with Crippen LogP contribution in [0.25, 0.3) is 11.1 Å². The maximum Gasteiger partial charge on any atom is 0.432 e. The third-order valence-corrected chi connectivity index (χ3v) is 1.45. The van der Waals surface area contributed by atoms with Crippen LogP contribution in [0.4, 0.5) is 0 Å². The van der Waals surface area contributed by atoms with E-state index in [1.165, 1.54) is 0 Å². The Labute approximate surface area is 64.6 Å². The molecule has 0 saturated heterocycles. The van der Waals surface area contributed by atoms with Gasteiger partial charge in [-0.25, -0.2) is 0 Å². The van der Waals surface area contributed by atoms with Gasteiger partial charge in [-0.2, -0.15) is 0 Å². The topological polar surface area (TPSA) is 57.5 Å². The van der Waals surface area contributed by atoms with Gasteiger partial charge >= 0.3 is 7.69 Å². The van der Waals surface area contributed by atoms with Crippen LogP contribution in [0.5, 0.6) is 0 Å². The second-order valence-electron chi connectivity index (χ2n) is 2.03. The molecule has 2 rings (SSSR count). The smallest absolute Gasteiger partial charge is 0.430 e. The summed E-state index contributed by atoms with van der Waals surface area (Å²) in [7, 11) is -0.750. The summed E-state index contributed by atoms with van der Waals surface area (Å²) >= 11 is 0. The van der Waals surface area contributed by atoms with E-state index in [0.29, 0.717) is 0 Å². The Morgan fingerprint density at radius 2 is 1.73 bits per heavy atom. The van der Waals surface area contributed by atoms with Crippen LogP contribution >= 0.6 is 0 Å². The van der Waals surface area contributed by atoms with Gasteiger partial charge in [-0.15, -0.1) is 0 Å². The van der Waals surface area contributed by atoms with Crippen molar-refractivity contribution < 1.29 is 14.8 Å². The van der Waals surface area contributed by atoms with Crippen molar-refractivity contribution in [2.45, 2.75) is 0 Å². The predicted octanol–water partition coefficient (Wildman–Crippen LogP) is -0.283. The lowest BCUT2D eigenvalue weighted by molar-refractivity contribution is 0.112. The van der Waals surface area contributed by atoms with E-state index in [4.69, 9.17) is 10.0 Å². The number of hydrogen-bond donors (Lipinski definition) is 2. The summed E-state index contributed by atoms with van der Waals surface area (Å²) < 4.78 is 0. The van der Waals surface area contributed by atoms with Crippen LogP contribution in [-0.4, -0.2) is 24.0 Å². The van der Waals surface area contributed by atoms with Crippen LogP contribution in [0.1, 0.15) is 10.4 Å². The molecule has 0 bridgehead atoms. The van der Waals surface area contributed by atoms with Gasteiger partial charge in [-0.05, 0) is 11.1 Å². The first kappa shape index (κ1) is 7.98. The number of rotatable bonds is 1. The number of carbonyl (C=O) groups excluding carboxylic acids is 1. The first-order valence-electron chi connectivity index (χ1n) is 3.15. The first-order chi connectivity index (χ1) is 5.35. The monoisotopic (exact) mass is 150 g/mol. The van der Waals surface area contributed by atoms with Gasteiger partial charge in [-0.1, -0.05) is 18.2 Å². The maximum atomic E-state index is 10.0. The van der Waals surface area contributed by atoms with Crippen LogP contribution in [0.2, 0.25) is 0 Å². The van der Waals surface area contributed by atoms with Crippen LogP contribution in [-0.2, 0) is 0 Å². The van der Waals surface area contributed by atoms with E-state index in [1.54, 1.807) is 0 Å². The van der Waals surface area contributed by atoms with Crippen molar-refractivity contribution in [2.24, 2.45) is 0 Å². The molecule has 0 heterocycles. The Bertz CT molecular complexity index is 252. The Kier molecular flexibility index (Phi) is 2.41. The van der Waals surface area contributed by atoms with Crippen molar-refractivity contribution in [3.63, 3.8) is 0 Å². The summed E-state index contributed by atoms with van der Waals surface area (Å²) in [5, 5.41) is 14.2. The highest BCUT2D eigenvalue weighted by Gasteiger charge is 2.21. The molecule has 2 aliphatic rings. The molecule has 0 spiro atoms. The van der Waals surface area contributed by atoms with Crippen LogP contribution in [0, 0.1) is 0 Å². The quantitative estimate of drug-likeness (QED) is 0.434. The molecule has 0 aromatic rings. The van der Waals surface area contributed by atoms with E-state index >= 15 is 0 Å². The molecule has 0 fully saturated rings. The third-order valence-electron chi connectivity index (χ3n) is 1.45. The standard InChI is InChI=1S/C7H4O.BH3O2/c8-4-7-5-2-1-3-6(5)7;2-1-3/h1-4H;1-3H. The minimum Gasteiger partial charge on any atom is -0.430 e. The summed E-state index contributed by atoms with van der Waals surface area (Å²) in [6.45, 7) is 0. The molecule has 0 atom stereocenters. The lowest BCUT2D eigenvalue weighted by Gasteiger charge is -1.58. The third kappa shape index (κ3) is 1.47. The van der Waals surface area contributed by atoms with Crippen LogP contribution in [0.15, 0.2) is 18.2 Å². The number of aldehydes is 1. The van der Waals surface area contributed by atoms with E-state index < -0.39 is 7.69 Å².